The number of nitrogens with zero attached hydrogens (tertiary/aromatic N) is 2. The summed E-state index contributed by atoms with van der Waals surface area (Å²) in [6.45, 7) is 5.79. The molecule has 5 heteroatoms. The van der Waals surface area contributed by atoms with E-state index in [9.17, 15) is 4.79 Å². The molecule has 0 saturated carbocycles. The maximum atomic E-state index is 12.2. The van der Waals surface area contributed by atoms with Crippen molar-refractivity contribution in [2.45, 2.75) is 26.4 Å². The van der Waals surface area contributed by atoms with Crippen molar-refractivity contribution in [3.05, 3.63) is 66.0 Å². The first-order valence-electron chi connectivity index (χ1n) is 8.60. The molecule has 1 amide bonds. The molecule has 2 N–H and O–H groups in total. The molecular formula is C20H24N4O. The van der Waals surface area contributed by atoms with Crippen molar-refractivity contribution in [1.29, 1.82) is 0 Å². The van der Waals surface area contributed by atoms with Crippen LogP contribution >= 0.6 is 0 Å². The molecule has 5 nitrogen and oxygen atoms in total. The molecule has 0 fully saturated rings. The Balaban J connectivity index is 1.50. The second-order valence-corrected chi connectivity index (χ2v) is 6.32. The highest BCUT2D eigenvalue weighted by molar-refractivity contribution is 5.87. The second-order valence-electron chi connectivity index (χ2n) is 6.32. The molecule has 1 heterocycles. The molecule has 1 aromatic heterocycles. The van der Waals surface area contributed by atoms with Crippen molar-refractivity contribution < 1.29 is 4.79 Å². The summed E-state index contributed by atoms with van der Waals surface area (Å²) < 4.78 is 1.87. The highest BCUT2D eigenvalue weighted by Gasteiger charge is 2.11. The van der Waals surface area contributed by atoms with Gasteiger partial charge in [-0.2, -0.15) is 5.10 Å². The Kier molecular flexibility index (Phi) is 5.46. The SMILES string of the molecule is Cc1cnn(CCNCC(=O)NC(C)c2cccc3ccccc23)c1. The van der Waals surface area contributed by atoms with Crippen LogP contribution in [0.1, 0.15) is 24.1 Å². The number of benzene rings is 2. The molecule has 0 aliphatic rings. The molecule has 1 unspecified atom stereocenters. The van der Waals surface area contributed by atoms with Gasteiger partial charge >= 0.3 is 0 Å². The van der Waals surface area contributed by atoms with Gasteiger partial charge in [0, 0.05) is 12.7 Å². The molecule has 0 spiro atoms. The van der Waals surface area contributed by atoms with E-state index in [2.05, 4.69) is 40.0 Å². The summed E-state index contributed by atoms with van der Waals surface area (Å²) in [4.78, 5) is 12.2. The molecule has 3 rings (SSSR count). The lowest BCUT2D eigenvalue weighted by Crippen LogP contribution is -2.36. The number of aryl methyl sites for hydroxylation is 1. The van der Waals surface area contributed by atoms with Gasteiger partial charge in [0.05, 0.1) is 25.3 Å². The summed E-state index contributed by atoms with van der Waals surface area (Å²) in [5.74, 6) is -0.00270. The topological polar surface area (TPSA) is 59.0 Å². The molecule has 3 aromatic rings. The lowest BCUT2D eigenvalue weighted by atomic mass is 10.00. The maximum Gasteiger partial charge on any atom is 0.234 e. The van der Waals surface area contributed by atoms with Crippen LogP contribution in [-0.4, -0.2) is 28.8 Å². The van der Waals surface area contributed by atoms with Crippen LogP contribution in [0, 0.1) is 6.92 Å². The first-order chi connectivity index (χ1) is 12.1. The van der Waals surface area contributed by atoms with Gasteiger partial charge in [0.25, 0.3) is 0 Å². The number of carbonyl (C=O) groups excluding carboxylic acids is 1. The van der Waals surface area contributed by atoms with Crippen LogP contribution in [-0.2, 0) is 11.3 Å². The average molecular weight is 336 g/mol. The molecule has 0 radical (unpaired) electrons. The first kappa shape index (κ1) is 17.2. The second kappa shape index (κ2) is 7.94. The number of hydrogen-bond acceptors (Lipinski definition) is 3. The number of rotatable bonds is 7. The lowest BCUT2D eigenvalue weighted by Gasteiger charge is -2.17. The van der Waals surface area contributed by atoms with Gasteiger partial charge in [0.1, 0.15) is 0 Å². The third kappa shape index (κ3) is 4.45. The predicted molar refractivity (Wildman–Crippen MR) is 100 cm³/mol. The first-order valence-corrected chi connectivity index (χ1v) is 8.60. The minimum absolute atomic E-state index is 0.00270. The van der Waals surface area contributed by atoms with Gasteiger partial charge in [0.15, 0.2) is 0 Å². The smallest absolute Gasteiger partial charge is 0.234 e. The Hall–Kier alpha value is -2.66. The van der Waals surface area contributed by atoms with Gasteiger partial charge in [-0.1, -0.05) is 42.5 Å². The minimum Gasteiger partial charge on any atom is -0.348 e. The summed E-state index contributed by atoms with van der Waals surface area (Å²) in [6, 6.07) is 14.4. The van der Waals surface area contributed by atoms with Crippen LogP contribution < -0.4 is 10.6 Å². The largest absolute Gasteiger partial charge is 0.348 e. The van der Waals surface area contributed by atoms with Crippen LogP contribution in [0.15, 0.2) is 54.9 Å². The number of fused-ring (bicyclic) bond motifs is 1. The quantitative estimate of drug-likeness (QED) is 0.652. The van der Waals surface area contributed by atoms with Crippen LogP contribution in [0.25, 0.3) is 10.8 Å². The zero-order valence-electron chi connectivity index (χ0n) is 14.7. The van der Waals surface area contributed by atoms with Crippen molar-refractivity contribution in [3.63, 3.8) is 0 Å². The van der Waals surface area contributed by atoms with E-state index in [0.717, 1.165) is 17.7 Å². The summed E-state index contributed by atoms with van der Waals surface area (Å²) >= 11 is 0. The molecule has 0 saturated heterocycles. The molecule has 130 valence electrons. The summed E-state index contributed by atoms with van der Waals surface area (Å²) in [5, 5.41) is 12.8. The van der Waals surface area contributed by atoms with Gasteiger partial charge in [-0.15, -0.1) is 0 Å². The monoisotopic (exact) mass is 336 g/mol. The number of aromatic nitrogens is 2. The summed E-state index contributed by atoms with van der Waals surface area (Å²) in [7, 11) is 0. The van der Waals surface area contributed by atoms with E-state index in [1.807, 2.05) is 49.1 Å². The Labute approximate surface area is 148 Å². The van der Waals surface area contributed by atoms with E-state index < -0.39 is 0 Å². The van der Waals surface area contributed by atoms with Crippen LogP contribution in [0.3, 0.4) is 0 Å². The fourth-order valence-electron chi connectivity index (χ4n) is 2.98. The van der Waals surface area contributed by atoms with Gasteiger partial charge in [-0.05, 0) is 35.7 Å². The van der Waals surface area contributed by atoms with Crippen molar-refractivity contribution in [1.82, 2.24) is 20.4 Å². The van der Waals surface area contributed by atoms with Crippen molar-refractivity contribution in [2.24, 2.45) is 0 Å². The Bertz CT molecular complexity index is 850. The number of hydrogen-bond donors (Lipinski definition) is 2. The maximum absolute atomic E-state index is 12.2. The number of nitrogens with one attached hydrogen (secondary N) is 2. The van der Waals surface area contributed by atoms with Crippen molar-refractivity contribution in [2.75, 3.05) is 13.1 Å². The van der Waals surface area contributed by atoms with Gasteiger partial charge in [-0.3, -0.25) is 9.48 Å². The van der Waals surface area contributed by atoms with E-state index in [4.69, 9.17) is 0 Å². The molecule has 0 bridgehead atoms. The number of carbonyl (C=O) groups is 1. The molecule has 0 aliphatic heterocycles. The van der Waals surface area contributed by atoms with Gasteiger partial charge in [-0.25, -0.2) is 0 Å². The molecule has 25 heavy (non-hydrogen) atoms. The van der Waals surface area contributed by atoms with E-state index >= 15 is 0 Å². The third-order valence-corrected chi connectivity index (χ3v) is 4.23. The lowest BCUT2D eigenvalue weighted by molar-refractivity contribution is -0.120. The van der Waals surface area contributed by atoms with Gasteiger partial charge < -0.3 is 10.6 Å². The van der Waals surface area contributed by atoms with Gasteiger partial charge in [0.2, 0.25) is 5.91 Å². The van der Waals surface area contributed by atoms with E-state index in [1.165, 1.54) is 10.8 Å². The average Bonchev–Trinajstić information content (AvgIpc) is 3.03. The minimum atomic E-state index is -0.0332. The summed E-state index contributed by atoms with van der Waals surface area (Å²) in [6.07, 6.45) is 3.82. The molecule has 0 aliphatic carbocycles. The third-order valence-electron chi connectivity index (χ3n) is 4.23. The van der Waals surface area contributed by atoms with Crippen LogP contribution in [0.4, 0.5) is 0 Å². The highest BCUT2D eigenvalue weighted by Crippen LogP contribution is 2.23. The predicted octanol–water partition coefficient (Wildman–Crippen LogP) is 2.81. The van der Waals surface area contributed by atoms with E-state index in [0.29, 0.717) is 13.1 Å². The Morgan fingerprint density at radius 2 is 2.00 bits per heavy atom. The normalized spacial score (nSPS) is 12.2. The molecule has 1 atom stereocenters. The van der Waals surface area contributed by atoms with E-state index in [-0.39, 0.29) is 11.9 Å². The van der Waals surface area contributed by atoms with Crippen molar-refractivity contribution >= 4 is 16.7 Å². The Morgan fingerprint density at radius 1 is 1.20 bits per heavy atom. The summed E-state index contributed by atoms with van der Waals surface area (Å²) in [5.41, 5.74) is 2.28. The fourth-order valence-corrected chi connectivity index (χ4v) is 2.98. The zero-order chi connectivity index (χ0) is 17.6. The highest BCUT2D eigenvalue weighted by atomic mass is 16.1. The Morgan fingerprint density at radius 3 is 2.80 bits per heavy atom. The zero-order valence-corrected chi connectivity index (χ0v) is 14.7. The van der Waals surface area contributed by atoms with E-state index in [1.54, 1.807) is 0 Å². The van der Waals surface area contributed by atoms with Crippen LogP contribution in [0.2, 0.25) is 0 Å². The van der Waals surface area contributed by atoms with Crippen molar-refractivity contribution in [3.8, 4) is 0 Å². The fraction of sp³-hybridized carbons (Fsp3) is 0.300. The molecular weight excluding hydrogens is 312 g/mol. The standard InChI is InChI=1S/C20H24N4O/c1-15-12-22-24(14-15)11-10-21-13-20(25)23-16(2)18-9-5-7-17-6-3-4-8-19(17)18/h3-9,12,14,16,21H,10-11,13H2,1-2H3,(H,23,25). The number of amides is 1. The van der Waals surface area contributed by atoms with Crippen LogP contribution in [0.5, 0.6) is 0 Å². The molecule has 2 aromatic carbocycles.